The van der Waals surface area contributed by atoms with Crippen molar-refractivity contribution in [2.45, 2.75) is 45.1 Å². The van der Waals surface area contributed by atoms with Gasteiger partial charge in [-0.15, -0.1) is 0 Å². The number of nitrogens with zero attached hydrogens (tertiary/aromatic N) is 1. The molecule has 0 bridgehead atoms. The number of rotatable bonds is 11. The molecule has 0 saturated heterocycles. The summed E-state index contributed by atoms with van der Waals surface area (Å²) in [5, 5.41) is 5.15. The van der Waals surface area contributed by atoms with Crippen LogP contribution in [0.2, 0.25) is 0 Å². The Morgan fingerprint density at radius 1 is 0.944 bits per heavy atom. The van der Waals surface area contributed by atoms with Crippen LogP contribution in [-0.2, 0) is 38.7 Å². The normalized spacial score (nSPS) is 12.0. The molecule has 188 valence electrons. The average molecular weight is 496 g/mol. The second-order valence-electron chi connectivity index (χ2n) is 8.63. The van der Waals surface area contributed by atoms with E-state index < -0.39 is 40.9 Å². The number of nitrogens with one attached hydrogen (secondary N) is 2. The first-order valence-electron chi connectivity index (χ1n) is 11.3. The number of aromatic nitrogens is 1. The summed E-state index contributed by atoms with van der Waals surface area (Å²) in [7, 11) is 0. The van der Waals surface area contributed by atoms with E-state index in [0.717, 1.165) is 17.7 Å². The number of ketones is 1. The van der Waals surface area contributed by atoms with Gasteiger partial charge in [0.15, 0.2) is 11.6 Å². The van der Waals surface area contributed by atoms with E-state index >= 15 is 0 Å². The van der Waals surface area contributed by atoms with Gasteiger partial charge in [-0.05, 0) is 49.2 Å². The summed E-state index contributed by atoms with van der Waals surface area (Å²) in [4.78, 5) is 42.8. The van der Waals surface area contributed by atoms with E-state index in [1.807, 2.05) is 6.07 Å². The molecule has 0 fully saturated rings. The van der Waals surface area contributed by atoms with Crippen LogP contribution >= 0.6 is 0 Å². The number of carbonyl (C=O) groups is 3. The van der Waals surface area contributed by atoms with E-state index in [9.17, 15) is 23.2 Å². The van der Waals surface area contributed by atoms with E-state index in [-0.39, 0.29) is 19.6 Å². The largest absolute Gasteiger partial charge is 0.361 e. The highest BCUT2D eigenvalue weighted by Crippen LogP contribution is 2.16. The standard InChI is InChI=1S/C27H27F2N3O4/c1-27(2,36-17-19-11-12-21(28)22(29)14-19)26(35)32-23(15-18-8-4-3-5-9-18)24(33)25(34)31-16-20-10-6-7-13-30-20/h3-14,23H,15-17H2,1-2H3,(H,31,34)(H,32,35)/t23-/m1/s1. The van der Waals surface area contributed by atoms with Crippen LogP contribution in [0.5, 0.6) is 0 Å². The molecule has 3 aromatic rings. The van der Waals surface area contributed by atoms with Gasteiger partial charge in [0.05, 0.1) is 18.8 Å². The van der Waals surface area contributed by atoms with Crippen molar-refractivity contribution in [1.82, 2.24) is 15.6 Å². The van der Waals surface area contributed by atoms with Crippen molar-refractivity contribution in [1.29, 1.82) is 0 Å². The molecule has 0 aliphatic heterocycles. The average Bonchev–Trinajstić information content (AvgIpc) is 2.88. The first-order chi connectivity index (χ1) is 17.2. The Morgan fingerprint density at radius 2 is 1.67 bits per heavy atom. The lowest BCUT2D eigenvalue weighted by Gasteiger charge is -2.27. The monoisotopic (exact) mass is 495 g/mol. The smallest absolute Gasteiger partial charge is 0.289 e. The van der Waals surface area contributed by atoms with Crippen LogP contribution in [0.3, 0.4) is 0 Å². The van der Waals surface area contributed by atoms with Crippen molar-refractivity contribution in [2.75, 3.05) is 0 Å². The number of hydrogen-bond donors (Lipinski definition) is 2. The third-order valence-corrected chi connectivity index (χ3v) is 5.41. The molecule has 1 aromatic heterocycles. The summed E-state index contributed by atoms with van der Waals surface area (Å²) >= 11 is 0. The summed E-state index contributed by atoms with van der Waals surface area (Å²) in [6, 6.07) is 16.3. The molecule has 0 saturated carbocycles. The highest BCUT2D eigenvalue weighted by molar-refractivity contribution is 6.38. The molecule has 2 amide bonds. The van der Waals surface area contributed by atoms with E-state index in [4.69, 9.17) is 4.74 Å². The second-order valence-corrected chi connectivity index (χ2v) is 8.63. The molecule has 2 N–H and O–H groups in total. The first kappa shape index (κ1) is 26.6. The summed E-state index contributed by atoms with van der Waals surface area (Å²) in [6.07, 6.45) is 1.66. The van der Waals surface area contributed by atoms with Crippen LogP contribution in [0, 0.1) is 11.6 Å². The van der Waals surface area contributed by atoms with E-state index in [2.05, 4.69) is 15.6 Å². The number of carbonyl (C=O) groups excluding carboxylic acids is 3. The highest BCUT2D eigenvalue weighted by Gasteiger charge is 2.34. The van der Waals surface area contributed by atoms with Crippen LogP contribution in [0.15, 0.2) is 72.9 Å². The predicted octanol–water partition coefficient (Wildman–Crippen LogP) is 3.27. The quantitative estimate of drug-likeness (QED) is 0.398. The van der Waals surface area contributed by atoms with Crippen LogP contribution in [0.1, 0.15) is 30.7 Å². The minimum atomic E-state index is -1.44. The lowest BCUT2D eigenvalue weighted by molar-refractivity contribution is -0.147. The highest BCUT2D eigenvalue weighted by atomic mass is 19.2. The molecule has 0 aliphatic rings. The van der Waals surface area contributed by atoms with E-state index in [1.54, 1.807) is 48.7 Å². The van der Waals surface area contributed by atoms with Crippen LogP contribution in [0.4, 0.5) is 8.78 Å². The van der Waals surface area contributed by atoms with Gasteiger partial charge in [-0.25, -0.2) is 8.78 Å². The Morgan fingerprint density at radius 3 is 2.33 bits per heavy atom. The van der Waals surface area contributed by atoms with Crippen LogP contribution in [-0.4, -0.2) is 34.2 Å². The molecule has 0 unspecified atom stereocenters. The number of halogens is 2. The van der Waals surface area contributed by atoms with Gasteiger partial charge in [0, 0.05) is 12.6 Å². The topological polar surface area (TPSA) is 97.4 Å². The molecule has 3 rings (SSSR count). The van der Waals surface area contributed by atoms with Crippen molar-refractivity contribution < 1.29 is 27.9 Å². The van der Waals surface area contributed by atoms with Gasteiger partial charge in [-0.2, -0.15) is 0 Å². The van der Waals surface area contributed by atoms with Crippen molar-refractivity contribution in [3.8, 4) is 0 Å². The van der Waals surface area contributed by atoms with Gasteiger partial charge in [0.1, 0.15) is 11.6 Å². The molecule has 7 nitrogen and oxygen atoms in total. The number of amides is 2. The summed E-state index contributed by atoms with van der Waals surface area (Å²) in [5.41, 5.74) is 0.216. The third kappa shape index (κ3) is 7.51. The zero-order chi connectivity index (χ0) is 26.1. The molecule has 0 radical (unpaired) electrons. The number of hydrogen-bond acceptors (Lipinski definition) is 5. The van der Waals surface area contributed by atoms with Crippen molar-refractivity contribution in [3.05, 3.63) is 101 Å². The molecular weight excluding hydrogens is 468 g/mol. The molecule has 1 atom stereocenters. The molecule has 9 heteroatoms. The fourth-order valence-corrected chi connectivity index (χ4v) is 3.27. The zero-order valence-corrected chi connectivity index (χ0v) is 20.0. The number of ether oxygens (including phenoxy) is 1. The fraction of sp³-hybridized carbons (Fsp3) is 0.259. The lowest BCUT2D eigenvalue weighted by Crippen LogP contribution is -2.54. The van der Waals surface area contributed by atoms with Crippen LogP contribution in [0.25, 0.3) is 0 Å². The maximum atomic E-state index is 13.5. The second kappa shape index (κ2) is 12.1. The number of benzene rings is 2. The maximum Gasteiger partial charge on any atom is 0.289 e. The Hall–Kier alpha value is -3.98. The van der Waals surface area contributed by atoms with Gasteiger partial charge in [0.2, 0.25) is 5.78 Å². The molecule has 1 heterocycles. The molecule has 2 aromatic carbocycles. The third-order valence-electron chi connectivity index (χ3n) is 5.41. The maximum absolute atomic E-state index is 13.5. The van der Waals surface area contributed by atoms with E-state index in [0.29, 0.717) is 11.3 Å². The van der Waals surface area contributed by atoms with Gasteiger partial charge >= 0.3 is 0 Å². The lowest BCUT2D eigenvalue weighted by atomic mass is 10.00. The first-order valence-corrected chi connectivity index (χ1v) is 11.3. The minimum Gasteiger partial charge on any atom is -0.361 e. The molecule has 0 aliphatic carbocycles. The van der Waals surface area contributed by atoms with Crippen molar-refractivity contribution in [2.24, 2.45) is 0 Å². The van der Waals surface area contributed by atoms with Crippen LogP contribution < -0.4 is 10.6 Å². The summed E-state index contributed by atoms with van der Waals surface area (Å²) in [6.45, 7) is 2.85. The zero-order valence-electron chi connectivity index (χ0n) is 20.0. The SMILES string of the molecule is CC(C)(OCc1ccc(F)c(F)c1)C(=O)N[C@H](Cc1ccccc1)C(=O)C(=O)NCc1ccccn1. The molecule has 0 spiro atoms. The molecule has 36 heavy (non-hydrogen) atoms. The molecular formula is C27H27F2N3O4. The van der Waals surface area contributed by atoms with Gasteiger partial charge in [-0.1, -0.05) is 42.5 Å². The number of pyridine rings is 1. The predicted molar refractivity (Wildman–Crippen MR) is 128 cm³/mol. The van der Waals surface area contributed by atoms with Gasteiger partial charge in [0.25, 0.3) is 11.8 Å². The Balaban J connectivity index is 1.68. The summed E-state index contributed by atoms with van der Waals surface area (Å²) < 4.78 is 32.3. The summed E-state index contributed by atoms with van der Waals surface area (Å²) in [5.74, 6) is -4.33. The van der Waals surface area contributed by atoms with Gasteiger partial charge < -0.3 is 15.4 Å². The Kier molecular flexibility index (Phi) is 8.97. The Bertz CT molecular complexity index is 1200. The van der Waals surface area contributed by atoms with Crippen molar-refractivity contribution >= 4 is 17.6 Å². The number of Topliss-reactive ketones (excluding diaryl/α,β-unsaturated/α-hetero) is 1. The van der Waals surface area contributed by atoms with Crippen molar-refractivity contribution in [3.63, 3.8) is 0 Å². The fourth-order valence-electron chi connectivity index (χ4n) is 3.27. The minimum absolute atomic E-state index is 0.0558. The van der Waals surface area contributed by atoms with Gasteiger partial charge in [-0.3, -0.25) is 19.4 Å². The Labute approximate surface area is 207 Å². The van der Waals surface area contributed by atoms with E-state index in [1.165, 1.54) is 19.9 Å².